The highest BCUT2D eigenvalue weighted by atomic mass is 19.1. The number of hydrogen-bond donors (Lipinski definition) is 0. The third kappa shape index (κ3) is 3.51. The molecule has 0 aliphatic carbocycles. The number of halogens is 1. The molecule has 1 aromatic heterocycles. The van der Waals surface area contributed by atoms with Crippen molar-refractivity contribution in [2.75, 3.05) is 26.2 Å². The number of aromatic nitrogens is 3. The maximum Gasteiger partial charge on any atom is 0.254 e. The van der Waals surface area contributed by atoms with Crippen molar-refractivity contribution < 1.29 is 14.0 Å². The van der Waals surface area contributed by atoms with E-state index in [1.165, 1.54) is 18.2 Å². The molecule has 2 amide bonds. The smallest absolute Gasteiger partial charge is 0.254 e. The van der Waals surface area contributed by atoms with Crippen molar-refractivity contribution in [1.82, 2.24) is 24.8 Å². The van der Waals surface area contributed by atoms with Crippen molar-refractivity contribution >= 4 is 22.8 Å². The Morgan fingerprint density at radius 2 is 1.70 bits per heavy atom. The highest BCUT2D eigenvalue weighted by molar-refractivity contribution is 5.94. The third-order valence-corrected chi connectivity index (χ3v) is 4.70. The topological polar surface area (TPSA) is 71.3 Å². The van der Waals surface area contributed by atoms with Gasteiger partial charge in [-0.25, -0.2) is 9.07 Å². The molecule has 0 radical (unpaired) electrons. The van der Waals surface area contributed by atoms with Crippen LogP contribution in [0.4, 0.5) is 4.39 Å². The minimum absolute atomic E-state index is 0.0662. The number of fused-ring (bicyclic) bond motifs is 1. The van der Waals surface area contributed by atoms with Crippen LogP contribution in [-0.4, -0.2) is 62.8 Å². The number of para-hydroxylation sites is 1. The molecule has 0 bridgehead atoms. The highest BCUT2D eigenvalue weighted by Gasteiger charge is 2.25. The third-order valence-electron chi connectivity index (χ3n) is 4.70. The van der Waals surface area contributed by atoms with Gasteiger partial charge >= 0.3 is 0 Å². The van der Waals surface area contributed by atoms with Gasteiger partial charge in [-0.2, -0.15) is 0 Å². The van der Waals surface area contributed by atoms with Crippen molar-refractivity contribution in [2.24, 2.45) is 0 Å². The van der Waals surface area contributed by atoms with E-state index in [1.54, 1.807) is 20.5 Å². The minimum atomic E-state index is -0.435. The molecule has 7 nitrogen and oxygen atoms in total. The summed E-state index contributed by atoms with van der Waals surface area (Å²) >= 11 is 0. The van der Waals surface area contributed by atoms with Gasteiger partial charge < -0.3 is 9.80 Å². The Bertz CT molecular complexity index is 994. The molecule has 1 saturated heterocycles. The molecule has 1 fully saturated rings. The SMILES string of the molecule is O=C(Cn1nnc2ccccc21)N1CCN(C(=O)c2cccc(F)c2)CC1. The van der Waals surface area contributed by atoms with Crippen LogP contribution in [0.5, 0.6) is 0 Å². The summed E-state index contributed by atoms with van der Waals surface area (Å²) in [6, 6.07) is 13.1. The Morgan fingerprint density at radius 1 is 0.963 bits per heavy atom. The molecular weight excluding hydrogens is 349 g/mol. The quantitative estimate of drug-likeness (QED) is 0.704. The van der Waals surface area contributed by atoms with Crippen molar-refractivity contribution in [1.29, 1.82) is 0 Å². The Hall–Kier alpha value is -3.29. The number of hydrogen-bond acceptors (Lipinski definition) is 4. The Kier molecular flexibility index (Phi) is 4.53. The molecular formula is C19H18FN5O2. The summed E-state index contributed by atoms with van der Waals surface area (Å²) in [5.41, 5.74) is 1.88. The molecule has 2 aromatic carbocycles. The number of piperazine rings is 1. The van der Waals surface area contributed by atoms with Crippen LogP contribution in [0.1, 0.15) is 10.4 Å². The van der Waals surface area contributed by atoms with E-state index in [9.17, 15) is 14.0 Å². The molecule has 0 unspecified atom stereocenters. The highest BCUT2D eigenvalue weighted by Crippen LogP contribution is 2.13. The zero-order valence-electron chi connectivity index (χ0n) is 14.6. The predicted octanol–water partition coefficient (Wildman–Crippen LogP) is 1.55. The monoisotopic (exact) mass is 367 g/mol. The lowest BCUT2D eigenvalue weighted by molar-refractivity contribution is -0.133. The first kappa shape index (κ1) is 17.1. The lowest BCUT2D eigenvalue weighted by atomic mass is 10.1. The van der Waals surface area contributed by atoms with E-state index in [-0.39, 0.29) is 18.4 Å². The summed E-state index contributed by atoms with van der Waals surface area (Å²) in [7, 11) is 0. The van der Waals surface area contributed by atoms with Gasteiger partial charge in [0.05, 0.1) is 5.52 Å². The number of amides is 2. The molecule has 4 rings (SSSR count). The van der Waals surface area contributed by atoms with E-state index in [2.05, 4.69) is 10.3 Å². The second-order valence-electron chi connectivity index (χ2n) is 6.42. The summed E-state index contributed by atoms with van der Waals surface area (Å²) < 4.78 is 14.9. The van der Waals surface area contributed by atoms with Crippen LogP contribution in [0.15, 0.2) is 48.5 Å². The van der Waals surface area contributed by atoms with Gasteiger partial charge in [-0.15, -0.1) is 5.10 Å². The standard InChI is InChI=1S/C19H18FN5O2/c20-15-5-3-4-14(12-15)19(27)24-10-8-23(9-11-24)18(26)13-25-17-7-2-1-6-16(17)21-22-25/h1-7,12H,8-11,13H2. The number of rotatable bonds is 3. The van der Waals surface area contributed by atoms with Crippen LogP contribution in [0.3, 0.4) is 0 Å². The number of carbonyl (C=O) groups excluding carboxylic acids is 2. The van der Waals surface area contributed by atoms with Gasteiger partial charge in [0.2, 0.25) is 5.91 Å². The molecule has 1 aliphatic heterocycles. The maximum atomic E-state index is 13.3. The van der Waals surface area contributed by atoms with Crippen molar-refractivity contribution in [2.45, 2.75) is 6.54 Å². The van der Waals surface area contributed by atoms with Crippen LogP contribution < -0.4 is 0 Å². The van der Waals surface area contributed by atoms with Crippen molar-refractivity contribution in [3.8, 4) is 0 Å². The van der Waals surface area contributed by atoms with Gasteiger partial charge in [-0.05, 0) is 30.3 Å². The predicted molar refractivity (Wildman–Crippen MR) is 96.4 cm³/mol. The van der Waals surface area contributed by atoms with E-state index in [0.717, 1.165) is 11.0 Å². The molecule has 0 N–H and O–H groups in total. The van der Waals surface area contributed by atoms with E-state index >= 15 is 0 Å². The van der Waals surface area contributed by atoms with Gasteiger partial charge in [0, 0.05) is 31.7 Å². The lowest BCUT2D eigenvalue weighted by Gasteiger charge is -2.34. The zero-order chi connectivity index (χ0) is 18.8. The molecule has 0 saturated carbocycles. The van der Waals surface area contributed by atoms with Gasteiger partial charge in [-0.1, -0.05) is 23.4 Å². The summed E-state index contributed by atoms with van der Waals surface area (Å²) in [4.78, 5) is 28.4. The van der Waals surface area contributed by atoms with E-state index in [0.29, 0.717) is 31.7 Å². The first-order chi connectivity index (χ1) is 13.1. The van der Waals surface area contributed by atoms with Gasteiger partial charge in [0.25, 0.3) is 5.91 Å². The van der Waals surface area contributed by atoms with Gasteiger partial charge in [0.1, 0.15) is 17.9 Å². The van der Waals surface area contributed by atoms with Crippen molar-refractivity contribution in [3.05, 3.63) is 59.9 Å². The van der Waals surface area contributed by atoms with Crippen LogP contribution >= 0.6 is 0 Å². The first-order valence-electron chi connectivity index (χ1n) is 8.73. The fraction of sp³-hybridized carbons (Fsp3) is 0.263. The van der Waals surface area contributed by atoms with Gasteiger partial charge in [0.15, 0.2) is 0 Å². The second kappa shape index (κ2) is 7.14. The summed E-state index contributed by atoms with van der Waals surface area (Å²) in [6.07, 6.45) is 0. The molecule has 3 aromatic rings. The average Bonchev–Trinajstić information content (AvgIpc) is 3.10. The summed E-state index contributed by atoms with van der Waals surface area (Å²) in [6.45, 7) is 1.82. The normalized spacial score (nSPS) is 14.6. The summed E-state index contributed by atoms with van der Waals surface area (Å²) in [5.74, 6) is -0.720. The van der Waals surface area contributed by atoms with E-state index in [1.807, 2.05) is 24.3 Å². The van der Waals surface area contributed by atoms with E-state index in [4.69, 9.17) is 0 Å². The largest absolute Gasteiger partial charge is 0.338 e. The molecule has 2 heterocycles. The Morgan fingerprint density at radius 3 is 2.48 bits per heavy atom. The Labute approximate surface area is 155 Å². The Balaban J connectivity index is 1.37. The molecule has 0 spiro atoms. The molecule has 8 heteroatoms. The average molecular weight is 367 g/mol. The molecule has 0 atom stereocenters. The van der Waals surface area contributed by atoms with Crippen LogP contribution in [0, 0.1) is 5.82 Å². The minimum Gasteiger partial charge on any atom is -0.338 e. The van der Waals surface area contributed by atoms with Crippen LogP contribution in [-0.2, 0) is 11.3 Å². The van der Waals surface area contributed by atoms with Crippen LogP contribution in [0.25, 0.3) is 11.0 Å². The molecule has 1 aliphatic rings. The maximum absolute atomic E-state index is 13.3. The zero-order valence-corrected chi connectivity index (χ0v) is 14.6. The number of benzene rings is 2. The first-order valence-corrected chi connectivity index (χ1v) is 8.73. The second-order valence-corrected chi connectivity index (χ2v) is 6.42. The summed E-state index contributed by atoms with van der Waals surface area (Å²) in [5, 5.41) is 8.09. The molecule has 27 heavy (non-hydrogen) atoms. The fourth-order valence-electron chi connectivity index (χ4n) is 3.23. The lowest BCUT2D eigenvalue weighted by Crippen LogP contribution is -2.51. The molecule has 138 valence electrons. The fourth-order valence-corrected chi connectivity index (χ4v) is 3.23. The number of nitrogens with zero attached hydrogens (tertiary/aromatic N) is 5. The van der Waals surface area contributed by atoms with Crippen molar-refractivity contribution in [3.63, 3.8) is 0 Å². The van der Waals surface area contributed by atoms with Gasteiger partial charge in [-0.3, -0.25) is 9.59 Å². The van der Waals surface area contributed by atoms with E-state index < -0.39 is 5.82 Å². The van der Waals surface area contributed by atoms with Crippen LogP contribution in [0.2, 0.25) is 0 Å². The number of carbonyl (C=O) groups is 2.